The van der Waals surface area contributed by atoms with Crippen molar-refractivity contribution < 1.29 is 14.3 Å². The second-order valence-electron chi connectivity index (χ2n) is 4.72. The number of benzene rings is 1. The Morgan fingerprint density at radius 2 is 2.04 bits per heavy atom. The number of hydrogen-bond donors (Lipinski definition) is 1. The van der Waals surface area contributed by atoms with Gasteiger partial charge in [-0.15, -0.1) is 12.3 Å². The quantitative estimate of drug-likeness (QED) is 0.680. The van der Waals surface area contributed by atoms with E-state index >= 15 is 0 Å². The Morgan fingerprint density at radius 3 is 2.70 bits per heavy atom. The fourth-order valence-corrected chi connectivity index (χ4v) is 2.01. The molecular weight excluding hydrogens is 292 g/mol. The van der Waals surface area contributed by atoms with Crippen LogP contribution in [-0.2, 0) is 4.74 Å². The molecule has 1 aromatic heterocycles. The summed E-state index contributed by atoms with van der Waals surface area (Å²) in [6.07, 6.45) is 6.54. The Bertz CT molecular complexity index is 735. The normalized spacial score (nSPS) is 11.1. The van der Waals surface area contributed by atoms with Crippen LogP contribution in [-0.4, -0.2) is 23.9 Å². The van der Waals surface area contributed by atoms with E-state index in [1.54, 1.807) is 42.6 Å². The molecule has 1 N–H and O–H groups in total. The Balaban J connectivity index is 2.19. The molecule has 116 valence electrons. The molecule has 0 aliphatic carbocycles. The summed E-state index contributed by atoms with van der Waals surface area (Å²) < 4.78 is 5.46. The summed E-state index contributed by atoms with van der Waals surface area (Å²) in [5.74, 6) is 1.65. The van der Waals surface area contributed by atoms with E-state index in [0.29, 0.717) is 11.3 Å². The molecule has 1 heterocycles. The molecule has 0 spiro atoms. The minimum absolute atomic E-state index is 0.220. The van der Waals surface area contributed by atoms with Crippen LogP contribution in [0, 0.1) is 12.3 Å². The van der Waals surface area contributed by atoms with Crippen LogP contribution in [0.15, 0.2) is 48.7 Å². The van der Waals surface area contributed by atoms with Crippen molar-refractivity contribution >= 4 is 11.9 Å². The highest BCUT2D eigenvalue weighted by atomic mass is 16.5. The fourth-order valence-electron chi connectivity index (χ4n) is 2.01. The topological polar surface area (TPSA) is 68.3 Å². The van der Waals surface area contributed by atoms with Crippen LogP contribution in [0.3, 0.4) is 0 Å². The van der Waals surface area contributed by atoms with Crippen LogP contribution in [0.2, 0.25) is 0 Å². The number of pyridine rings is 1. The number of esters is 1. The molecule has 0 bridgehead atoms. The maximum atomic E-state index is 12.3. The number of rotatable bonds is 5. The first kappa shape index (κ1) is 16.2. The number of amides is 1. The third-order valence-corrected chi connectivity index (χ3v) is 3.16. The molecule has 1 atom stereocenters. The van der Waals surface area contributed by atoms with Gasteiger partial charge in [-0.3, -0.25) is 9.78 Å². The summed E-state index contributed by atoms with van der Waals surface area (Å²) in [6.45, 7) is 0. The van der Waals surface area contributed by atoms with E-state index in [1.807, 2.05) is 0 Å². The van der Waals surface area contributed by atoms with Gasteiger partial charge in [-0.2, -0.15) is 0 Å². The predicted octanol–water partition coefficient (Wildman–Crippen LogP) is 2.36. The molecule has 5 heteroatoms. The first-order valence-electron chi connectivity index (χ1n) is 7.03. The lowest BCUT2D eigenvalue weighted by molar-refractivity contribution is 0.0299. The van der Waals surface area contributed by atoms with Gasteiger partial charge in [0.25, 0.3) is 5.91 Å². The number of nitrogens with zero attached hydrogens (tertiary/aromatic N) is 1. The van der Waals surface area contributed by atoms with Gasteiger partial charge in [0.05, 0.1) is 17.7 Å². The van der Waals surface area contributed by atoms with Crippen LogP contribution in [0.5, 0.6) is 0 Å². The van der Waals surface area contributed by atoms with E-state index in [4.69, 9.17) is 11.2 Å². The Labute approximate surface area is 134 Å². The van der Waals surface area contributed by atoms with Gasteiger partial charge in [0, 0.05) is 18.8 Å². The molecule has 1 aromatic carbocycles. The summed E-state index contributed by atoms with van der Waals surface area (Å²) >= 11 is 0. The molecule has 2 aromatic rings. The van der Waals surface area contributed by atoms with Crippen LogP contribution >= 0.6 is 0 Å². The summed E-state index contributed by atoms with van der Waals surface area (Å²) in [4.78, 5) is 28.1. The van der Waals surface area contributed by atoms with E-state index in [0.717, 1.165) is 0 Å². The average Bonchev–Trinajstić information content (AvgIpc) is 2.61. The lowest BCUT2D eigenvalue weighted by Crippen LogP contribution is -2.18. The molecule has 2 rings (SSSR count). The summed E-state index contributed by atoms with van der Waals surface area (Å²) in [5.41, 5.74) is 1.25. The zero-order chi connectivity index (χ0) is 16.7. The summed E-state index contributed by atoms with van der Waals surface area (Å²) in [5, 5.41) is 2.51. The second kappa shape index (κ2) is 7.76. The van der Waals surface area contributed by atoms with Gasteiger partial charge in [-0.1, -0.05) is 12.1 Å². The Morgan fingerprint density at radius 1 is 1.26 bits per heavy atom. The maximum Gasteiger partial charge on any atom is 0.338 e. The van der Waals surface area contributed by atoms with Crippen molar-refractivity contribution in [2.45, 2.75) is 12.5 Å². The van der Waals surface area contributed by atoms with Crippen LogP contribution in [0.1, 0.15) is 38.9 Å². The molecule has 0 aliphatic heterocycles. The van der Waals surface area contributed by atoms with Crippen molar-refractivity contribution in [1.82, 2.24) is 10.3 Å². The zero-order valence-electron chi connectivity index (χ0n) is 12.7. The van der Waals surface area contributed by atoms with Gasteiger partial charge in [0.15, 0.2) is 6.10 Å². The highest BCUT2D eigenvalue weighted by Crippen LogP contribution is 2.20. The number of terminal acetylenes is 1. The molecule has 0 saturated heterocycles. The van der Waals surface area contributed by atoms with Gasteiger partial charge in [-0.25, -0.2) is 4.79 Å². The molecule has 5 nitrogen and oxygen atoms in total. The van der Waals surface area contributed by atoms with E-state index in [-0.39, 0.29) is 17.9 Å². The highest BCUT2D eigenvalue weighted by Gasteiger charge is 2.19. The monoisotopic (exact) mass is 308 g/mol. The van der Waals surface area contributed by atoms with Crippen molar-refractivity contribution in [2.75, 3.05) is 7.05 Å². The standard InChI is InChI=1S/C18H16N2O3/c1-3-7-16(15-10-4-5-11-20-15)23-18(22)14-9-6-8-13(12-14)17(21)19-2/h1,4-6,8-12,16H,7H2,2H3,(H,19,21)/t16-/m1/s1. The maximum absolute atomic E-state index is 12.3. The number of carbonyl (C=O) groups excluding carboxylic acids is 2. The first-order valence-corrected chi connectivity index (χ1v) is 7.03. The van der Waals surface area contributed by atoms with E-state index in [9.17, 15) is 9.59 Å². The molecule has 0 saturated carbocycles. The molecule has 23 heavy (non-hydrogen) atoms. The van der Waals surface area contributed by atoms with Crippen molar-refractivity contribution in [3.05, 3.63) is 65.5 Å². The number of ether oxygens (including phenoxy) is 1. The number of hydrogen-bond acceptors (Lipinski definition) is 4. The van der Waals surface area contributed by atoms with Gasteiger partial charge in [-0.05, 0) is 30.3 Å². The van der Waals surface area contributed by atoms with E-state index in [1.165, 1.54) is 13.1 Å². The molecule has 0 radical (unpaired) electrons. The minimum atomic E-state index is -0.627. The number of nitrogens with one attached hydrogen (secondary N) is 1. The lowest BCUT2D eigenvalue weighted by Gasteiger charge is -2.15. The van der Waals surface area contributed by atoms with E-state index in [2.05, 4.69) is 16.2 Å². The minimum Gasteiger partial charge on any atom is -0.451 e. The van der Waals surface area contributed by atoms with Gasteiger partial charge >= 0.3 is 5.97 Å². The largest absolute Gasteiger partial charge is 0.451 e. The zero-order valence-corrected chi connectivity index (χ0v) is 12.7. The molecule has 0 unspecified atom stereocenters. The van der Waals surface area contributed by atoms with Crippen molar-refractivity contribution in [2.24, 2.45) is 0 Å². The third-order valence-electron chi connectivity index (χ3n) is 3.16. The van der Waals surface area contributed by atoms with Crippen molar-refractivity contribution in [3.63, 3.8) is 0 Å². The van der Waals surface area contributed by atoms with Gasteiger partial charge in [0.1, 0.15) is 0 Å². The average molecular weight is 308 g/mol. The van der Waals surface area contributed by atoms with E-state index < -0.39 is 12.1 Å². The van der Waals surface area contributed by atoms with Gasteiger partial charge in [0.2, 0.25) is 0 Å². The van der Waals surface area contributed by atoms with Crippen LogP contribution in [0.25, 0.3) is 0 Å². The van der Waals surface area contributed by atoms with Gasteiger partial charge < -0.3 is 10.1 Å². The summed E-state index contributed by atoms with van der Waals surface area (Å²) in [7, 11) is 1.53. The molecule has 0 aliphatic rings. The van der Waals surface area contributed by atoms with Crippen molar-refractivity contribution in [3.8, 4) is 12.3 Å². The summed E-state index contributed by atoms with van der Waals surface area (Å²) in [6, 6.07) is 11.6. The molecule has 1 amide bonds. The number of aromatic nitrogens is 1. The second-order valence-corrected chi connectivity index (χ2v) is 4.72. The number of carbonyl (C=O) groups is 2. The Hall–Kier alpha value is -3.13. The fraction of sp³-hybridized carbons (Fsp3) is 0.167. The molecule has 0 fully saturated rings. The van der Waals surface area contributed by atoms with Crippen LogP contribution < -0.4 is 5.32 Å². The lowest BCUT2D eigenvalue weighted by atomic mass is 10.1. The molecular formula is C18H16N2O3. The smallest absolute Gasteiger partial charge is 0.338 e. The van der Waals surface area contributed by atoms with Crippen LogP contribution in [0.4, 0.5) is 0 Å². The Kier molecular flexibility index (Phi) is 5.48. The predicted molar refractivity (Wildman–Crippen MR) is 85.7 cm³/mol. The third kappa shape index (κ3) is 4.17. The SMILES string of the molecule is C#CC[C@@H](OC(=O)c1cccc(C(=O)NC)c1)c1ccccn1. The highest BCUT2D eigenvalue weighted by molar-refractivity contribution is 5.97. The first-order chi connectivity index (χ1) is 11.2. The van der Waals surface area contributed by atoms with Crippen molar-refractivity contribution in [1.29, 1.82) is 0 Å².